The third-order valence-electron chi connectivity index (χ3n) is 5.03. The molecular formula is C21H42. The summed E-state index contributed by atoms with van der Waals surface area (Å²) in [4.78, 5) is 0. The van der Waals surface area contributed by atoms with Crippen LogP contribution in [0.4, 0.5) is 0 Å². The lowest BCUT2D eigenvalue weighted by Crippen LogP contribution is -1.99. The Morgan fingerprint density at radius 3 is 1.62 bits per heavy atom. The summed E-state index contributed by atoms with van der Waals surface area (Å²) in [6.07, 6.45) is 18.4. The highest BCUT2D eigenvalue weighted by atomic mass is 14.1. The number of hydrogen-bond acceptors (Lipinski definition) is 0. The van der Waals surface area contributed by atoms with E-state index in [-0.39, 0.29) is 0 Å². The van der Waals surface area contributed by atoms with Gasteiger partial charge in [0.2, 0.25) is 0 Å². The van der Waals surface area contributed by atoms with Crippen LogP contribution < -0.4 is 0 Å². The molecule has 0 aliphatic rings. The maximum atomic E-state index is 2.42. The van der Waals surface area contributed by atoms with Gasteiger partial charge >= 0.3 is 0 Å². The minimum atomic E-state index is 0.797. The molecule has 0 bridgehead atoms. The molecule has 0 heteroatoms. The smallest absolute Gasteiger partial charge is 0.0232 e. The average Bonchev–Trinajstić information content (AvgIpc) is 2.48. The van der Waals surface area contributed by atoms with Crippen LogP contribution in [-0.2, 0) is 0 Å². The van der Waals surface area contributed by atoms with Gasteiger partial charge in [-0.3, -0.25) is 0 Å². The highest BCUT2D eigenvalue weighted by molar-refractivity contribution is 5.11. The summed E-state index contributed by atoms with van der Waals surface area (Å²) in [5.74, 6) is 0.797. The summed E-state index contributed by atoms with van der Waals surface area (Å²) in [5.41, 5.74) is 3.30. The van der Waals surface area contributed by atoms with Crippen molar-refractivity contribution in [3.05, 3.63) is 11.1 Å². The van der Waals surface area contributed by atoms with Crippen LogP contribution in [0, 0.1) is 5.92 Å². The van der Waals surface area contributed by atoms with Crippen LogP contribution >= 0.6 is 0 Å². The van der Waals surface area contributed by atoms with E-state index in [0.717, 1.165) is 5.92 Å². The Balaban J connectivity index is 3.48. The molecule has 0 fully saturated rings. The standard InChI is InChI=1S/C21H42/c1-6-8-9-10-11-12-13-14-15-16-18-20(4)21(5)19(3)17-7-2/h20H,6-18H2,1-5H3. The van der Waals surface area contributed by atoms with Crippen LogP contribution in [-0.4, -0.2) is 0 Å². The lowest BCUT2D eigenvalue weighted by Gasteiger charge is -2.15. The van der Waals surface area contributed by atoms with E-state index in [1.54, 1.807) is 11.1 Å². The summed E-state index contributed by atoms with van der Waals surface area (Å²) >= 11 is 0. The van der Waals surface area contributed by atoms with Gasteiger partial charge in [0.15, 0.2) is 0 Å². The SMILES string of the molecule is CCCCCCCCCCCCC(C)C(C)=C(C)CCC. The zero-order chi connectivity index (χ0) is 15.9. The van der Waals surface area contributed by atoms with Crippen molar-refractivity contribution in [2.24, 2.45) is 5.92 Å². The summed E-state index contributed by atoms with van der Waals surface area (Å²) in [5, 5.41) is 0. The molecule has 0 aromatic rings. The summed E-state index contributed by atoms with van der Waals surface area (Å²) in [7, 11) is 0. The lowest BCUT2D eigenvalue weighted by molar-refractivity contribution is 0.514. The largest absolute Gasteiger partial charge is 0.0741 e. The van der Waals surface area contributed by atoms with Crippen LogP contribution in [0.3, 0.4) is 0 Å². The fourth-order valence-corrected chi connectivity index (χ4v) is 3.15. The zero-order valence-electron chi connectivity index (χ0n) is 15.8. The molecule has 1 atom stereocenters. The Labute approximate surface area is 135 Å². The summed E-state index contributed by atoms with van der Waals surface area (Å²) in [6, 6.07) is 0. The molecule has 0 aromatic carbocycles. The van der Waals surface area contributed by atoms with Gasteiger partial charge in [-0.1, -0.05) is 103 Å². The quantitative estimate of drug-likeness (QED) is 0.224. The fraction of sp³-hybridized carbons (Fsp3) is 0.905. The van der Waals surface area contributed by atoms with Gasteiger partial charge < -0.3 is 0 Å². The van der Waals surface area contributed by atoms with Gasteiger partial charge in [0.1, 0.15) is 0 Å². The Bertz CT molecular complexity index is 249. The number of unbranched alkanes of at least 4 members (excludes halogenated alkanes) is 9. The third-order valence-corrected chi connectivity index (χ3v) is 5.03. The normalized spacial score (nSPS) is 14.1. The zero-order valence-corrected chi connectivity index (χ0v) is 15.8. The van der Waals surface area contributed by atoms with E-state index in [1.807, 2.05) is 0 Å². The maximum Gasteiger partial charge on any atom is -0.0232 e. The van der Waals surface area contributed by atoms with E-state index in [1.165, 1.54) is 83.5 Å². The number of allylic oxidation sites excluding steroid dienone is 2. The molecule has 0 heterocycles. The van der Waals surface area contributed by atoms with Crippen molar-refractivity contribution in [1.82, 2.24) is 0 Å². The molecule has 0 rings (SSSR count). The van der Waals surface area contributed by atoms with Crippen molar-refractivity contribution in [1.29, 1.82) is 0 Å². The Morgan fingerprint density at radius 1 is 0.667 bits per heavy atom. The van der Waals surface area contributed by atoms with Gasteiger partial charge in [-0.25, -0.2) is 0 Å². The van der Waals surface area contributed by atoms with E-state index in [4.69, 9.17) is 0 Å². The molecule has 0 saturated carbocycles. The van der Waals surface area contributed by atoms with Gasteiger partial charge in [-0.2, -0.15) is 0 Å². The molecule has 0 spiro atoms. The molecule has 1 unspecified atom stereocenters. The second kappa shape index (κ2) is 14.7. The molecule has 0 N–H and O–H groups in total. The predicted molar refractivity (Wildman–Crippen MR) is 98.9 cm³/mol. The van der Waals surface area contributed by atoms with Crippen LogP contribution in [0.2, 0.25) is 0 Å². The molecule has 0 saturated heterocycles. The summed E-state index contributed by atoms with van der Waals surface area (Å²) in [6.45, 7) is 11.7. The van der Waals surface area contributed by atoms with Gasteiger partial charge in [0.05, 0.1) is 0 Å². The maximum absolute atomic E-state index is 2.42. The van der Waals surface area contributed by atoms with Gasteiger partial charge in [0, 0.05) is 0 Å². The molecule has 0 radical (unpaired) electrons. The third kappa shape index (κ3) is 12.0. The molecule has 0 aliphatic carbocycles. The average molecular weight is 295 g/mol. The monoisotopic (exact) mass is 294 g/mol. The van der Waals surface area contributed by atoms with Crippen LogP contribution in [0.15, 0.2) is 11.1 Å². The first-order valence-electron chi connectivity index (χ1n) is 9.79. The molecule has 0 nitrogen and oxygen atoms in total. The van der Waals surface area contributed by atoms with Crippen LogP contribution in [0.1, 0.15) is 118 Å². The molecular weight excluding hydrogens is 252 g/mol. The van der Waals surface area contributed by atoms with Gasteiger partial charge in [0.25, 0.3) is 0 Å². The number of rotatable bonds is 14. The molecule has 126 valence electrons. The Hall–Kier alpha value is -0.260. The highest BCUT2D eigenvalue weighted by Crippen LogP contribution is 2.23. The molecule has 0 aromatic heterocycles. The first kappa shape index (κ1) is 20.7. The second-order valence-corrected chi connectivity index (χ2v) is 7.09. The van der Waals surface area contributed by atoms with E-state index in [9.17, 15) is 0 Å². The topological polar surface area (TPSA) is 0 Å². The number of hydrogen-bond donors (Lipinski definition) is 0. The van der Waals surface area contributed by atoms with E-state index < -0.39 is 0 Å². The van der Waals surface area contributed by atoms with Crippen molar-refractivity contribution in [2.75, 3.05) is 0 Å². The first-order valence-corrected chi connectivity index (χ1v) is 9.79. The minimum absolute atomic E-state index is 0.797. The van der Waals surface area contributed by atoms with Crippen LogP contribution in [0.5, 0.6) is 0 Å². The van der Waals surface area contributed by atoms with Crippen molar-refractivity contribution in [3.63, 3.8) is 0 Å². The molecule has 0 amide bonds. The van der Waals surface area contributed by atoms with Crippen LogP contribution in [0.25, 0.3) is 0 Å². The van der Waals surface area contributed by atoms with Crippen molar-refractivity contribution in [2.45, 2.75) is 118 Å². The predicted octanol–water partition coefficient (Wildman–Crippen LogP) is 8.07. The molecule has 0 aliphatic heterocycles. The fourth-order valence-electron chi connectivity index (χ4n) is 3.15. The Kier molecular flexibility index (Phi) is 14.5. The second-order valence-electron chi connectivity index (χ2n) is 7.09. The summed E-state index contributed by atoms with van der Waals surface area (Å²) < 4.78 is 0. The van der Waals surface area contributed by atoms with E-state index >= 15 is 0 Å². The van der Waals surface area contributed by atoms with Crippen molar-refractivity contribution < 1.29 is 0 Å². The van der Waals surface area contributed by atoms with Gasteiger partial charge in [-0.15, -0.1) is 0 Å². The minimum Gasteiger partial charge on any atom is -0.0741 e. The Morgan fingerprint density at radius 2 is 1.14 bits per heavy atom. The van der Waals surface area contributed by atoms with Gasteiger partial charge in [-0.05, 0) is 32.6 Å². The first-order chi connectivity index (χ1) is 10.1. The van der Waals surface area contributed by atoms with Crippen molar-refractivity contribution in [3.8, 4) is 0 Å². The molecule has 21 heavy (non-hydrogen) atoms. The van der Waals surface area contributed by atoms with Crippen molar-refractivity contribution >= 4 is 0 Å². The van der Waals surface area contributed by atoms with E-state index in [0.29, 0.717) is 0 Å². The van der Waals surface area contributed by atoms with E-state index in [2.05, 4.69) is 34.6 Å². The lowest BCUT2D eigenvalue weighted by atomic mass is 9.91. The highest BCUT2D eigenvalue weighted by Gasteiger charge is 2.06.